The zero-order valence-electron chi connectivity index (χ0n) is 22.1. The molecule has 37 heavy (non-hydrogen) atoms. The molecule has 1 heterocycles. The number of esters is 1. The fourth-order valence-corrected chi connectivity index (χ4v) is 3.87. The smallest absolute Gasteiger partial charge is 0.458 e. The predicted octanol–water partition coefficient (Wildman–Crippen LogP) is 5.15. The van der Waals surface area contributed by atoms with Crippen molar-refractivity contribution in [3.05, 3.63) is 52.4 Å². The van der Waals surface area contributed by atoms with Gasteiger partial charge in [-0.15, -0.1) is 0 Å². The normalized spacial score (nSPS) is 14.0. The monoisotopic (exact) mass is 524 g/mol. The van der Waals surface area contributed by atoms with E-state index < -0.39 is 41.2 Å². The summed E-state index contributed by atoms with van der Waals surface area (Å²) in [6.45, 7) is 12.0. The number of fused-ring (bicyclic) bond motifs is 1. The van der Waals surface area contributed by atoms with Gasteiger partial charge < -0.3 is 19.4 Å². The van der Waals surface area contributed by atoms with Crippen LogP contribution in [0, 0.1) is 5.92 Å². The van der Waals surface area contributed by atoms with Gasteiger partial charge in [0.1, 0.15) is 17.2 Å². The average Bonchev–Trinajstić information content (AvgIpc) is 2.78. The van der Waals surface area contributed by atoms with Gasteiger partial charge in [-0.25, -0.2) is 9.59 Å². The number of amides is 1. The van der Waals surface area contributed by atoms with E-state index in [9.17, 15) is 27.6 Å². The molecule has 1 amide bonds. The summed E-state index contributed by atoms with van der Waals surface area (Å²) in [5.41, 5.74) is 0.771. The summed E-state index contributed by atoms with van der Waals surface area (Å²) >= 11 is 0. The summed E-state index contributed by atoms with van der Waals surface area (Å²) in [4.78, 5) is 38.3. The molecule has 10 heteroatoms. The first-order valence-electron chi connectivity index (χ1n) is 12.2. The molecule has 0 saturated heterocycles. The third kappa shape index (κ3) is 8.65. The molecular formula is C27H35F3N2O5. The fourth-order valence-electron chi connectivity index (χ4n) is 3.87. The Morgan fingerprint density at radius 1 is 1.14 bits per heavy atom. The van der Waals surface area contributed by atoms with Crippen LogP contribution >= 0.6 is 0 Å². The minimum absolute atomic E-state index is 0.439. The van der Waals surface area contributed by atoms with E-state index in [-0.39, 0.29) is 0 Å². The number of allylic oxidation sites excluding steroid dienone is 1. The van der Waals surface area contributed by atoms with Gasteiger partial charge >= 0.3 is 23.7 Å². The lowest BCUT2D eigenvalue weighted by atomic mass is 9.99. The molecule has 2 aromatic rings. The van der Waals surface area contributed by atoms with Gasteiger partial charge in [0.25, 0.3) is 0 Å². The molecule has 2 atom stereocenters. The standard InChI is InChI=1S/C27H35F3N2O5/c1-7-32(8-2)19-13-14-20-18(15-22(33)36-21(20)16-19)12-10-9-11-17(3)23(24(34)37-26(4,5)6)31-25(35)27(28,29)30/h9,11,13-17,23H,7-8,10,12H2,1-6H3,(H,31,35)/b11-9+. The molecule has 0 aliphatic heterocycles. The molecule has 0 aliphatic carbocycles. The average molecular weight is 525 g/mol. The van der Waals surface area contributed by atoms with Crippen molar-refractivity contribution in [1.82, 2.24) is 5.32 Å². The van der Waals surface area contributed by atoms with Crippen molar-refractivity contribution in [1.29, 1.82) is 0 Å². The zero-order valence-corrected chi connectivity index (χ0v) is 22.1. The number of rotatable bonds is 10. The Morgan fingerprint density at radius 2 is 1.78 bits per heavy atom. The number of carbonyl (C=O) groups excluding carboxylic acids is 2. The predicted molar refractivity (Wildman–Crippen MR) is 137 cm³/mol. The van der Waals surface area contributed by atoms with Gasteiger partial charge in [-0.05, 0) is 65.2 Å². The third-order valence-corrected chi connectivity index (χ3v) is 5.69. The van der Waals surface area contributed by atoms with E-state index in [1.165, 1.54) is 13.0 Å². The van der Waals surface area contributed by atoms with Crippen molar-refractivity contribution in [2.24, 2.45) is 5.92 Å². The van der Waals surface area contributed by atoms with E-state index in [0.29, 0.717) is 18.4 Å². The zero-order chi connectivity index (χ0) is 28.0. The van der Waals surface area contributed by atoms with Crippen LogP contribution in [0.5, 0.6) is 0 Å². The molecule has 204 valence electrons. The molecule has 0 fully saturated rings. The molecule has 2 unspecified atom stereocenters. The minimum atomic E-state index is -5.13. The van der Waals surface area contributed by atoms with E-state index in [2.05, 4.69) is 4.90 Å². The second-order valence-corrected chi connectivity index (χ2v) is 9.75. The van der Waals surface area contributed by atoms with Crippen LogP contribution in [0.4, 0.5) is 18.9 Å². The Kier molecular flexibility index (Phi) is 9.94. The second kappa shape index (κ2) is 12.3. The fraction of sp³-hybridized carbons (Fsp3) is 0.519. The highest BCUT2D eigenvalue weighted by Gasteiger charge is 2.42. The number of nitrogens with zero attached hydrogens (tertiary/aromatic N) is 1. The quantitative estimate of drug-likeness (QED) is 0.263. The van der Waals surface area contributed by atoms with Crippen LogP contribution in [-0.2, 0) is 20.7 Å². The van der Waals surface area contributed by atoms with E-state index in [1.807, 2.05) is 32.0 Å². The summed E-state index contributed by atoms with van der Waals surface area (Å²) in [7, 11) is 0. The maximum atomic E-state index is 12.8. The molecule has 2 rings (SSSR count). The van der Waals surface area contributed by atoms with E-state index in [4.69, 9.17) is 9.15 Å². The van der Waals surface area contributed by atoms with Gasteiger partial charge in [-0.2, -0.15) is 13.2 Å². The van der Waals surface area contributed by atoms with Crippen molar-refractivity contribution in [3.8, 4) is 0 Å². The van der Waals surface area contributed by atoms with E-state index >= 15 is 0 Å². The molecule has 1 aromatic heterocycles. The maximum absolute atomic E-state index is 12.8. The third-order valence-electron chi connectivity index (χ3n) is 5.69. The molecule has 0 spiro atoms. The largest absolute Gasteiger partial charge is 0.471 e. The molecule has 0 saturated carbocycles. The SMILES string of the molecule is CCN(CC)c1ccc2c(CC/C=C/C(C)C(NC(=O)C(F)(F)F)C(=O)OC(C)(C)C)cc(=O)oc2c1. The Labute approximate surface area is 214 Å². The number of hydrogen-bond acceptors (Lipinski definition) is 6. The lowest BCUT2D eigenvalue weighted by Gasteiger charge is -2.27. The topological polar surface area (TPSA) is 88.9 Å². The Morgan fingerprint density at radius 3 is 2.35 bits per heavy atom. The maximum Gasteiger partial charge on any atom is 0.471 e. The lowest BCUT2D eigenvalue weighted by molar-refractivity contribution is -0.177. The molecule has 0 bridgehead atoms. The molecule has 1 aromatic carbocycles. The number of anilines is 1. The van der Waals surface area contributed by atoms with Crippen molar-refractivity contribution in [2.45, 2.75) is 72.2 Å². The summed E-state index contributed by atoms with van der Waals surface area (Å²) in [5, 5.41) is 2.54. The van der Waals surface area contributed by atoms with Crippen LogP contribution in [-0.4, -0.2) is 42.8 Å². The van der Waals surface area contributed by atoms with Crippen molar-refractivity contribution in [3.63, 3.8) is 0 Å². The Bertz CT molecular complexity index is 1180. The van der Waals surface area contributed by atoms with Crippen LogP contribution in [0.1, 0.15) is 53.5 Å². The van der Waals surface area contributed by atoms with E-state index in [0.717, 1.165) is 29.7 Å². The first kappa shape index (κ1) is 29.9. The number of aryl methyl sites for hydroxylation is 1. The first-order valence-corrected chi connectivity index (χ1v) is 12.2. The van der Waals surface area contributed by atoms with Gasteiger partial charge in [-0.3, -0.25) is 4.79 Å². The van der Waals surface area contributed by atoms with Gasteiger partial charge in [0, 0.05) is 42.2 Å². The number of carbonyl (C=O) groups is 2. The highest BCUT2D eigenvalue weighted by Crippen LogP contribution is 2.25. The summed E-state index contributed by atoms with van der Waals surface area (Å²) in [6.07, 6.45) is -0.981. The number of benzene rings is 1. The number of ether oxygens (including phenoxy) is 1. The molecule has 1 N–H and O–H groups in total. The highest BCUT2D eigenvalue weighted by atomic mass is 19.4. The number of halogens is 3. The van der Waals surface area contributed by atoms with Crippen LogP contribution in [0.15, 0.2) is 45.6 Å². The van der Waals surface area contributed by atoms with Crippen LogP contribution < -0.4 is 15.8 Å². The summed E-state index contributed by atoms with van der Waals surface area (Å²) in [6, 6.07) is 5.60. The van der Waals surface area contributed by atoms with E-state index in [1.54, 1.807) is 38.2 Å². The Hall–Kier alpha value is -3.30. The van der Waals surface area contributed by atoms with Gasteiger partial charge in [0.15, 0.2) is 0 Å². The number of nitrogens with one attached hydrogen (secondary N) is 1. The molecule has 0 radical (unpaired) electrons. The van der Waals surface area contributed by atoms with Gasteiger partial charge in [0.05, 0.1) is 0 Å². The van der Waals surface area contributed by atoms with Crippen molar-refractivity contribution < 1.29 is 31.9 Å². The van der Waals surface area contributed by atoms with Crippen molar-refractivity contribution >= 4 is 28.5 Å². The minimum Gasteiger partial charge on any atom is -0.458 e. The van der Waals surface area contributed by atoms with Crippen LogP contribution in [0.2, 0.25) is 0 Å². The first-order chi connectivity index (χ1) is 17.2. The molecular weight excluding hydrogens is 489 g/mol. The van der Waals surface area contributed by atoms with Crippen LogP contribution in [0.3, 0.4) is 0 Å². The summed E-state index contributed by atoms with van der Waals surface area (Å²) in [5.74, 6) is -3.96. The molecule has 7 nitrogen and oxygen atoms in total. The highest BCUT2D eigenvalue weighted by molar-refractivity contribution is 5.88. The van der Waals surface area contributed by atoms with Gasteiger partial charge in [0.2, 0.25) is 0 Å². The van der Waals surface area contributed by atoms with Gasteiger partial charge in [-0.1, -0.05) is 19.1 Å². The summed E-state index contributed by atoms with van der Waals surface area (Å²) < 4.78 is 49.1. The van der Waals surface area contributed by atoms with Crippen LogP contribution in [0.25, 0.3) is 11.0 Å². The number of hydrogen-bond donors (Lipinski definition) is 1. The van der Waals surface area contributed by atoms with Crippen molar-refractivity contribution in [2.75, 3.05) is 18.0 Å². The Balaban J connectivity index is 2.19. The molecule has 0 aliphatic rings. The lowest BCUT2D eigenvalue weighted by Crippen LogP contribution is -2.51. The number of alkyl halides is 3. The second-order valence-electron chi connectivity index (χ2n) is 9.75.